The minimum absolute atomic E-state index is 0.169. The van der Waals surface area contributed by atoms with Gasteiger partial charge in [-0.05, 0) is 47.0 Å². The van der Waals surface area contributed by atoms with Gasteiger partial charge in [-0.3, -0.25) is 14.5 Å². The number of aromatic nitrogens is 1. The lowest BCUT2D eigenvalue weighted by Gasteiger charge is -2.45. The number of primary amides is 1. The summed E-state index contributed by atoms with van der Waals surface area (Å²) in [5.41, 5.74) is 5.91. The first-order valence-corrected chi connectivity index (χ1v) is 17.5. The molecular weight excluding hydrogens is 603 g/mol. The molecule has 0 saturated carbocycles. The van der Waals surface area contributed by atoms with Crippen LogP contribution in [0.25, 0.3) is 11.1 Å². The summed E-state index contributed by atoms with van der Waals surface area (Å²) in [5.74, 6) is -3.68. The van der Waals surface area contributed by atoms with Crippen molar-refractivity contribution in [3.05, 3.63) is 111 Å². The second-order valence-corrected chi connectivity index (χ2v) is 14.6. The Kier molecular flexibility index (Phi) is 9.55. The van der Waals surface area contributed by atoms with Crippen LogP contribution in [0.4, 0.5) is 0 Å². The van der Waals surface area contributed by atoms with Crippen LogP contribution in [0.3, 0.4) is 0 Å². The van der Waals surface area contributed by atoms with E-state index in [1.54, 1.807) is 53.4 Å². The number of hydrogen-bond acceptors (Lipinski definition) is 9. The number of carbonyl (C=O) groups excluding carboxylic acids is 2. The van der Waals surface area contributed by atoms with Crippen LogP contribution >= 0.6 is 22.7 Å². The number of rotatable bonds is 15. The molecule has 11 heteroatoms. The van der Waals surface area contributed by atoms with Crippen LogP contribution in [0, 0.1) is 5.92 Å². The summed E-state index contributed by atoms with van der Waals surface area (Å²) >= 11 is 2.98. The molecule has 5 aromatic rings. The van der Waals surface area contributed by atoms with Crippen molar-refractivity contribution in [2.45, 2.75) is 44.1 Å². The van der Waals surface area contributed by atoms with Gasteiger partial charge in [0.25, 0.3) is 5.89 Å². The van der Waals surface area contributed by atoms with Crippen molar-refractivity contribution in [3.63, 3.8) is 0 Å². The van der Waals surface area contributed by atoms with Crippen molar-refractivity contribution in [2.24, 2.45) is 11.7 Å². The summed E-state index contributed by atoms with van der Waals surface area (Å²) < 4.78 is 34.0. The molecule has 0 aliphatic carbocycles. The third kappa shape index (κ3) is 6.96. The number of nitrogens with zero attached hydrogens (tertiary/aromatic N) is 2. The summed E-state index contributed by atoms with van der Waals surface area (Å²) in [6.45, 7) is 2.33. The number of amides is 1. The number of thiophene rings is 2. The Morgan fingerprint density at radius 2 is 1.56 bits per heavy atom. The highest BCUT2D eigenvalue weighted by atomic mass is 32.2. The summed E-state index contributed by atoms with van der Waals surface area (Å²) in [7, 11) is -3.98. The summed E-state index contributed by atoms with van der Waals surface area (Å²) in [6, 6.07) is 23.4. The van der Waals surface area contributed by atoms with E-state index < -0.39 is 38.7 Å². The largest absolute Gasteiger partial charge is 0.434 e. The first kappa shape index (κ1) is 30.8. The molecule has 0 saturated heterocycles. The average molecular weight is 636 g/mol. The van der Waals surface area contributed by atoms with Crippen molar-refractivity contribution in [1.29, 1.82) is 0 Å². The number of nitrogens with two attached hydrogens (primary N) is 1. The maximum Gasteiger partial charge on any atom is 0.264 e. The van der Waals surface area contributed by atoms with Crippen molar-refractivity contribution in [3.8, 4) is 0 Å². The highest BCUT2D eigenvalue weighted by Gasteiger charge is 2.55. The topological polar surface area (TPSA) is 124 Å². The fourth-order valence-corrected chi connectivity index (χ4v) is 8.98. The quantitative estimate of drug-likeness (QED) is 0.138. The molecule has 0 bridgehead atoms. The Bertz CT molecular complexity index is 1700. The number of para-hydroxylation sites is 2. The minimum atomic E-state index is -3.98. The van der Waals surface area contributed by atoms with Gasteiger partial charge in [0.1, 0.15) is 11.1 Å². The van der Waals surface area contributed by atoms with Crippen LogP contribution in [0.1, 0.15) is 45.8 Å². The number of Topliss-reactive ketones (excluding diaryl/α,β-unsaturated/α-hetero) is 1. The van der Waals surface area contributed by atoms with Gasteiger partial charge in [-0.15, -0.1) is 22.7 Å². The first-order chi connectivity index (χ1) is 20.7. The molecule has 2 atom stereocenters. The predicted octanol–water partition coefficient (Wildman–Crippen LogP) is 6.09. The van der Waals surface area contributed by atoms with Gasteiger partial charge in [-0.25, -0.2) is 13.4 Å². The molecule has 8 nitrogen and oxygen atoms in total. The smallest absolute Gasteiger partial charge is 0.264 e. The zero-order valence-corrected chi connectivity index (χ0v) is 26.2. The maximum absolute atomic E-state index is 14.4. The van der Waals surface area contributed by atoms with Crippen LogP contribution in [-0.2, 0) is 33.5 Å². The fraction of sp³-hybridized carbons (Fsp3) is 0.281. The van der Waals surface area contributed by atoms with Crippen LogP contribution in [-0.4, -0.2) is 41.3 Å². The van der Waals surface area contributed by atoms with E-state index in [1.807, 2.05) is 48.0 Å². The Morgan fingerprint density at radius 1 is 0.930 bits per heavy atom. The molecule has 0 aliphatic heterocycles. The number of sulfone groups is 1. The van der Waals surface area contributed by atoms with E-state index in [4.69, 9.17) is 10.2 Å². The number of hydrogen-bond donors (Lipinski definition) is 1. The summed E-state index contributed by atoms with van der Waals surface area (Å²) in [5, 5.41) is 3.84. The Balaban J connectivity index is 1.68. The number of carbonyl (C=O) groups is 2. The second kappa shape index (κ2) is 13.3. The number of oxazole rings is 1. The van der Waals surface area contributed by atoms with Gasteiger partial charge in [0.2, 0.25) is 11.7 Å². The molecule has 0 radical (unpaired) electrons. The summed E-state index contributed by atoms with van der Waals surface area (Å²) in [6.07, 6.45) is 0.697. The number of fused-ring (bicyclic) bond motifs is 1. The highest BCUT2D eigenvalue weighted by Crippen LogP contribution is 2.38. The second-order valence-electron chi connectivity index (χ2n) is 10.5. The molecule has 0 spiro atoms. The van der Waals surface area contributed by atoms with Gasteiger partial charge in [0, 0.05) is 22.8 Å². The van der Waals surface area contributed by atoms with Gasteiger partial charge in [0.05, 0.1) is 17.4 Å². The number of benzene rings is 2. The van der Waals surface area contributed by atoms with Crippen LogP contribution < -0.4 is 5.73 Å². The molecule has 2 N–H and O–H groups in total. The molecule has 224 valence electrons. The molecule has 3 aromatic heterocycles. The van der Waals surface area contributed by atoms with Gasteiger partial charge < -0.3 is 10.2 Å². The Labute approximate surface area is 259 Å². The van der Waals surface area contributed by atoms with Gasteiger partial charge in [-0.1, -0.05) is 67.9 Å². The van der Waals surface area contributed by atoms with Crippen molar-refractivity contribution in [1.82, 2.24) is 9.88 Å². The minimum Gasteiger partial charge on any atom is -0.434 e. The third-order valence-corrected chi connectivity index (χ3v) is 10.9. The zero-order chi connectivity index (χ0) is 30.5. The SMILES string of the molecule is CCC[C@H](C(=O)c1nc2ccccc2o1)C(CS(=O)(=O)Cc1ccccc1)(C(N)=O)N(Cc1cccs1)Cc1cccs1. The van der Waals surface area contributed by atoms with Gasteiger partial charge in [0.15, 0.2) is 15.4 Å². The average Bonchev–Trinajstić information content (AvgIpc) is 3.77. The van der Waals surface area contributed by atoms with Crippen LogP contribution in [0.5, 0.6) is 0 Å². The normalized spacial score (nSPS) is 14.1. The van der Waals surface area contributed by atoms with E-state index in [1.165, 1.54) is 22.7 Å². The first-order valence-electron chi connectivity index (χ1n) is 14.0. The monoisotopic (exact) mass is 635 g/mol. The Morgan fingerprint density at radius 3 is 2.12 bits per heavy atom. The predicted molar refractivity (Wildman–Crippen MR) is 170 cm³/mol. The molecule has 5 rings (SSSR count). The van der Waals surface area contributed by atoms with E-state index in [-0.39, 0.29) is 31.2 Å². The zero-order valence-electron chi connectivity index (χ0n) is 23.7. The van der Waals surface area contributed by atoms with Crippen LogP contribution in [0.2, 0.25) is 0 Å². The molecular formula is C32H33N3O5S3. The van der Waals surface area contributed by atoms with Crippen molar-refractivity contribution < 1.29 is 22.4 Å². The summed E-state index contributed by atoms with van der Waals surface area (Å²) in [4.78, 5) is 36.5. The van der Waals surface area contributed by atoms with Crippen molar-refractivity contribution >= 4 is 55.3 Å². The van der Waals surface area contributed by atoms with E-state index in [0.717, 1.165) is 9.75 Å². The molecule has 1 amide bonds. The molecule has 43 heavy (non-hydrogen) atoms. The van der Waals surface area contributed by atoms with E-state index in [2.05, 4.69) is 4.98 Å². The number of ketones is 1. The molecule has 3 heterocycles. The standard InChI is InChI=1S/C32H33N3O5S3/c1-2-10-26(29(36)30-34-27-15-6-7-16-28(27)40-30)32(31(33)37,22-43(38,39)21-23-11-4-3-5-12-23)35(19-24-13-8-17-41-24)20-25-14-9-18-42-25/h3-9,11-18,26H,2,10,19-22H2,1H3,(H2,33,37)/t26-,32?/m1/s1. The lowest BCUT2D eigenvalue weighted by atomic mass is 9.77. The van der Waals surface area contributed by atoms with E-state index in [0.29, 0.717) is 23.1 Å². The maximum atomic E-state index is 14.4. The lowest BCUT2D eigenvalue weighted by Crippen LogP contribution is -2.66. The van der Waals surface area contributed by atoms with E-state index >= 15 is 0 Å². The van der Waals surface area contributed by atoms with E-state index in [9.17, 15) is 18.0 Å². The lowest BCUT2D eigenvalue weighted by molar-refractivity contribution is -0.133. The van der Waals surface area contributed by atoms with Crippen LogP contribution in [0.15, 0.2) is 94.0 Å². The van der Waals surface area contributed by atoms with Crippen molar-refractivity contribution in [2.75, 3.05) is 5.75 Å². The fourth-order valence-electron chi connectivity index (χ4n) is 5.55. The molecule has 0 aliphatic rings. The van der Waals surface area contributed by atoms with Gasteiger partial charge >= 0.3 is 0 Å². The molecule has 1 unspecified atom stereocenters. The van der Waals surface area contributed by atoms with Gasteiger partial charge in [-0.2, -0.15) is 0 Å². The Hall–Kier alpha value is -3.64. The molecule has 0 fully saturated rings. The third-order valence-electron chi connectivity index (χ3n) is 7.49. The molecule has 2 aromatic carbocycles. The highest BCUT2D eigenvalue weighted by molar-refractivity contribution is 7.90.